The van der Waals surface area contributed by atoms with E-state index in [-0.39, 0.29) is 11.1 Å². The summed E-state index contributed by atoms with van der Waals surface area (Å²) in [5, 5.41) is 0.191. The molecule has 2 fully saturated rings. The van der Waals surface area contributed by atoms with Crippen molar-refractivity contribution in [1.29, 1.82) is 0 Å². The normalized spacial score (nSPS) is 17.9. The van der Waals surface area contributed by atoms with Crippen molar-refractivity contribution >= 4 is 23.5 Å². The molecule has 1 aromatic heterocycles. The number of hydrogen-bond donors (Lipinski definition) is 0. The molecule has 0 spiro atoms. The van der Waals surface area contributed by atoms with Crippen LogP contribution in [0.1, 0.15) is 24.8 Å². The molecule has 2 aliphatic rings. The fraction of sp³-hybridized carbons (Fsp3) is 0.571. The number of ether oxygens (including phenoxy) is 1. The maximum atomic E-state index is 13.8. The van der Waals surface area contributed by atoms with E-state index in [1.54, 1.807) is 12.1 Å². The van der Waals surface area contributed by atoms with Crippen molar-refractivity contribution in [1.82, 2.24) is 19.9 Å². The number of hydrogen-bond acceptors (Lipinski definition) is 7. The van der Waals surface area contributed by atoms with Gasteiger partial charge in [0, 0.05) is 45.8 Å². The topological polar surface area (TPSA) is 57.6 Å². The van der Waals surface area contributed by atoms with Crippen molar-refractivity contribution in [3.63, 3.8) is 0 Å². The lowest BCUT2D eigenvalue weighted by Crippen LogP contribution is -2.42. The van der Waals surface area contributed by atoms with Crippen molar-refractivity contribution in [2.24, 2.45) is 0 Å². The molecule has 0 radical (unpaired) electrons. The molecule has 2 aromatic rings. The minimum Gasteiger partial charge on any atom is -0.379 e. The zero-order valence-electron chi connectivity index (χ0n) is 17.1. The van der Waals surface area contributed by atoms with E-state index in [0.717, 1.165) is 64.3 Å². The first-order chi connectivity index (χ1) is 14.7. The Balaban J connectivity index is 1.56. The van der Waals surface area contributed by atoms with Gasteiger partial charge in [-0.2, -0.15) is 15.0 Å². The van der Waals surface area contributed by atoms with Crippen LogP contribution in [0.15, 0.2) is 24.3 Å². The summed E-state index contributed by atoms with van der Waals surface area (Å²) < 4.78 is 19.2. The predicted octanol–water partition coefficient (Wildman–Crippen LogP) is 2.99. The van der Waals surface area contributed by atoms with Crippen molar-refractivity contribution in [3.05, 3.63) is 40.9 Å². The zero-order chi connectivity index (χ0) is 20.8. The van der Waals surface area contributed by atoms with E-state index in [1.807, 2.05) is 6.07 Å². The van der Waals surface area contributed by atoms with Gasteiger partial charge in [-0.25, -0.2) is 4.39 Å². The first-order valence-corrected chi connectivity index (χ1v) is 11.0. The van der Waals surface area contributed by atoms with E-state index in [1.165, 1.54) is 12.5 Å². The van der Waals surface area contributed by atoms with Gasteiger partial charge in [-0.05, 0) is 48.6 Å². The van der Waals surface area contributed by atoms with E-state index in [2.05, 4.69) is 24.7 Å². The molecule has 0 atom stereocenters. The Morgan fingerprint density at radius 2 is 1.83 bits per heavy atom. The van der Waals surface area contributed by atoms with Gasteiger partial charge < -0.3 is 14.5 Å². The van der Waals surface area contributed by atoms with E-state index in [4.69, 9.17) is 21.3 Å². The molecule has 4 rings (SSSR count). The molecule has 9 heteroatoms. The third kappa shape index (κ3) is 5.77. The van der Waals surface area contributed by atoms with Crippen LogP contribution in [0.5, 0.6) is 0 Å². The number of nitrogens with zero attached hydrogens (tertiary/aromatic N) is 6. The number of piperidine rings is 1. The third-order valence-electron chi connectivity index (χ3n) is 5.56. The Kier molecular flexibility index (Phi) is 7.30. The highest BCUT2D eigenvalue weighted by Gasteiger charge is 2.20. The maximum absolute atomic E-state index is 13.8. The summed E-state index contributed by atoms with van der Waals surface area (Å²) in [5.74, 6) is 0.914. The van der Waals surface area contributed by atoms with Gasteiger partial charge in [0.1, 0.15) is 5.82 Å². The van der Waals surface area contributed by atoms with Gasteiger partial charge in [0.15, 0.2) is 0 Å². The fourth-order valence-electron chi connectivity index (χ4n) is 3.90. The lowest BCUT2D eigenvalue weighted by Gasteiger charge is -2.31. The molecule has 1 aromatic carbocycles. The molecule has 2 aliphatic heterocycles. The van der Waals surface area contributed by atoms with Crippen molar-refractivity contribution in [3.8, 4) is 0 Å². The second kappa shape index (κ2) is 10.3. The summed E-state index contributed by atoms with van der Waals surface area (Å²) in [6.07, 6.45) is 3.48. The maximum Gasteiger partial charge on any atom is 0.231 e. The minimum atomic E-state index is -0.247. The van der Waals surface area contributed by atoms with Crippen molar-refractivity contribution in [2.75, 3.05) is 62.3 Å². The van der Waals surface area contributed by atoms with Crippen LogP contribution in [0.2, 0.25) is 5.28 Å². The van der Waals surface area contributed by atoms with Gasteiger partial charge in [-0.3, -0.25) is 4.90 Å². The Bertz CT molecular complexity index is 829. The van der Waals surface area contributed by atoms with Gasteiger partial charge in [-0.1, -0.05) is 12.1 Å². The largest absolute Gasteiger partial charge is 0.379 e. The molecule has 3 heterocycles. The molecule has 0 unspecified atom stereocenters. The average Bonchev–Trinajstić information content (AvgIpc) is 2.77. The number of benzene rings is 1. The molecule has 0 N–H and O–H groups in total. The molecule has 162 valence electrons. The van der Waals surface area contributed by atoms with E-state index in [9.17, 15) is 4.39 Å². The molecular formula is C21H28ClFN6O. The van der Waals surface area contributed by atoms with Crippen LogP contribution < -0.4 is 9.80 Å². The van der Waals surface area contributed by atoms with Crippen molar-refractivity contribution < 1.29 is 9.13 Å². The average molecular weight is 435 g/mol. The molecule has 0 aliphatic carbocycles. The van der Waals surface area contributed by atoms with Crippen LogP contribution in [-0.4, -0.2) is 72.3 Å². The summed E-state index contributed by atoms with van der Waals surface area (Å²) >= 11 is 6.29. The molecule has 0 amide bonds. The quantitative estimate of drug-likeness (QED) is 0.663. The lowest BCUT2D eigenvalue weighted by atomic mass is 10.1. The highest BCUT2D eigenvalue weighted by molar-refractivity contribution is 6.28. The standard InChI is InChI=1S/C21H28ClFN6O/c22-19-24-20(28-7-2-1-3-8-28)26-21(25-19)29(10-9-27-11-13-30-14-12-27)16-17-5-4-6-18(23)15-17/h4-6,15H,1-3,7-14,16H2. The summed E-state index contributed by atoms with van der Waals surface area (Å²) in [5.41, 5.74) is 0.869. The number of halogens is 2. The SMILES string of the molecule is Fc1cccc(CN(CCN2CCOCC2)c2nc(Cl)nc(N3CCCCC3)n2)c1. The van der Waals surface area contributed by atoms with Gasteiger partial charge in [-0.15, -0.1) is 0 Å². The molecule has 0 bridgehead atoms. The van der Waals surface area contributed by atoms with E-state index < -0.39 is 0 Å². The number of aromatic nitrogens is 3. The highest BCUT2D eigenvalue weighted by atomic mass is 35.5. The zero-order valence-corrected chi connectivity index (χ0v) is 17.9. The fourth-order valence-corrected chi connectivity index (χ4v) is 4.05. The third-order valence-corrected chi connectivity index (χ3v) is 5.73. The molecule has 2 saturated heterocycles. The second-order valence-electron chi connectivity index (χ2n) is 7.76. The minimum absolute atomic E-state index is 0.191. The number of anilines is 2. The first-order valence-electron chi connectivity index (χ1n) is 10.6. The summed E-state index contributed by atoms with van der Waals surface area (Å²) in [7, 11) is 0. The van der Waals surface area contributed by atoms with Crippen molar-refractivity contribution in [2.45, 2.75) is 25.8 Å². The Hall–Kier alpha value is -2.03. The Labute approximate surface area is 181 Å². The second-order valence-corrected chi connectivity index (χ2v) is 8.10. The van der Waals surface area contributed by atoms with Gasteiger partial charge in [0.25, 0.3) is 0 Å². The highest BCUT2D eigenvalue weighted by Crippen LogP contribution is 2.22. The Morgan fingerprint density at radius 3 is 2.60 bits per heavy atom. The molecular weight excluding hydrogens is 407 g/mol. The summed E-state index contributed by atoms with van der Waals surface area (Å²) in [6, 6.07) is 6.65. The summed E-state index contributed by atoms with van der Waals surface area (Å²) in [6.45, 7) is 7.23. The van der Waals surface area contributed by atoms with Crippen LogP contribution in [0.3, 0.4) is 0 Å². The number of morpholine rings is 1. The lowest BCUT2D eigenvalue weighted by molar-refractivity contribution is 0.0391. The number of rotatable bonds is 7. The summed E-state index contributed by atoms with van der Waals surface area (Å²) in [4.78, 5) is 20.1. The monoisotopic (exact) mass is 434 g/mol. The molecule has 30 heavy (non-hydrogen) atoms. The van der Waals surface area contributed by atoms with E-state index in [0.29, 0.717) is 25.0 Å². The first kappa shape index (κ1) is 21.2. The van der Waals surface area contributed by atoms with Crippen LogP contribution in [-0.2, 0) is 11.3 Å². The van der Waals surface area contributed by atoms with Crippen LogP contribution in [0, 0.1) is 5.82 Å². The van der Waals surface area contributed by atoms with E-state index >= 15 is 0 Å². The Morgan fingerprint density at radius 1 is 1.03 bits per heavy atom. The van der Waals surface area contributed by atoms with Crippen LogP contribution >= 0.6 is 11.6 Å². The van der Waals surface area contributed by atoms with Crippen LogP contribution in [0.25, 0.3) is 0 Å². The smallest absolute Gasteiger partial charge is 0.231 e. The molecule has 7 nitrogen and oxygen atoms in total. The molecule has 0 saturated carbocycles. The van der Waals surface area contributed by atoms with Gasteiger partial charge >= 0.3 is 0 Å². The van der Waals surface area contributed by atoms with Gasteiger partial charge in [0.05, 0.1) is 13.2 Å². The van der Waals surface area contributed by atoms with Gasteiger partial charge in [0.2, 0.25) is 17.2 Å². The van der Waals surface area contributed by atoms with Crippen LogP contribution in [0.4, 0.5) is 16.3 Å². The predicted molar refractivity (Wildman–Crippen MR) is 116 cm³/mol.